The summed E-state index contributed by atoms with van der Waals surface area (Å²) in [6, 6.07) is 5.28. The summed E-state index contributed by atoms with van der Waals surface area (Å²) in [5, 5.41) is 2.77. The van der Waals surface area contributed by atoms with Gasteiger partial charge in [0.25, 0.3) is 5.91 Å². The van der Waals surface area contributed by atoms with Crippen molar-refractivity contribution >= 4 is 11.6 Å². The standard InChI is InChI=1S/C12H13N3O2/c13-11-8-14-5-4-10(11)12(16)15-6-3-9-2-1-7-17-9/h1-2,4-5,7-8H,3,6,13H2,(H,15,16). The number of nitrogens with two attached hydrogens (primary N) is 1. The Morgan fingerprint density at radius 1 is 1.47 bits per heavy atom. The average Bonchev–Trinajstić information content (AvgIpc) is 2.82. The number of carbonyl (C=O) groups excluding carboxylic acids is 1. The lowest BCUT2D eigenvalue weighted by Gasteiger charge is -2.05. The average molecular weight is 231 g/mol. The Morgan fingerprint density at radius 2 is 2.35 bits per heavy atom. The highest BCUT2D eigenvalue weighted by Crippen LogP contribution is 2.08. The molecule has 88 valence electrons. The monoisotopic (exact) mass is 231 g/mol. The highest BCUT2D eigenvalue weighted by atomic mass is 16.3. The first-order valence-electron chi connectivity index (χ1n) is 5.27. The molecule has 2 rings (SSSR count). The molecule has 0 bridgehead atoms. The van der Waals surface area contributed by atoms with Gasteiger partial charge in [-0.15, -0.1) is 0 Å². The van der Waals surface area contributed by atoms with Crippen molar-refractivity contribution in [2.45, 2.75) is 6.42 Å². The van der Waals surface area contributed by atoms with Gasteiger partial charge in [-0.25, -0.2) is 0 Å². The molecule has 0 aliphatic carbocycles. The van der Waals surface area contributed by atoms with Gasteiger partial charge >= 0.3 is 0 Å². The number of pyridine rings is 1. The maximum absolute atomic E-state index is 11.7. The molecule has 0 unspecified atom stereocenters. The zero-order valence-electron chi connectivity index (χ0n) is 9.22. The van der Waals surface area contributed by atoms with E-state index in [4.69, 9.17) is 10.2 Å². The first-order valence-corrected chi connectivity index (χ1v) is 5.27. The number of amides is 1. The summed E-state index contributed by atoms with van der Waals surface area (Å²) in [5.41, 5.74) is 6.47. The number of nitrogens with zero attached hydrogens (tertiary/aromatic N) is 1. The van der Waals surface area contributed by atoms with Crippen LogP contribution in [0.2, 0.25) is 0 Å². The Bertz CT molecular complexity index is 494. The van der Waals surface area contributed by atoms with Crippen molar-refractivity contribution in [2.24, 2.45) is 0 Å². The van der Waals surface area contributed by atoms with Crippen LogP contribution < -0.4 is 11.1 Å². The summed E-state index contributed by atoms with van der Waals surface area (Å²) in [7, 11) is 0. The summed E-state index contributed by atoms with van der Waals surface area (Å²) < 4.78 is 5.16. The highest BCUT2D eigenvalue weighted by Gasteiger charge is 2.08. The minimum atomic E-state index is -0.198. The number of hydrogen-bond acceptors (Lipinski definition) is 4. The van der Waals surface area contributed by atoms with Crippen molar-refractivity contribution < 1.29 is 9.21 Å². The topological polar surface area (TPSA) is 81.1 Å². The first kappa shape index (κ1) is 11.2. The fraction of sp³-hybridized carbons (Fsp3) is 0.167. The van der Waals surface area contributed by atoms with Gasteiger partial charge in [-0.3, -0.25) is 9.78 Å². The van der Waals surface area contributed by atoms with Gasteiger partial charge in [-0.1, -0.05) is 0 Å². The van der Waals surface area contributed by atoms with E-state index in [1.807, 2.05) is 12.1 Å². The van der Waals surface area contributed by atoms with E-state index in [0.717, 1.165) is 5.76 Å². The zero-order chi connectivity index (χ0) is 12.1. The van der Waals surface area contributed by atoms with Crippen LogP contribution in [0, 0.1) is 0 Å². The molecule has 17 heavy (non-hydrogen) atoms. The highest BCUT2D eigenvalue weighted by molar-refractivity contribution is 5.98. The van der Waals surface area contributed by atoms with Gasteiger partial charge in [0.05, 0.1) is 23.7 Å². The Kier molecular flexibility index (Phi) is 3.40. The molecule has 0 fully saturated rings. The molecule has 0 radical (unpaired) electrons. The third-order valence-electron chi connectivity index (χ3n) is 2.33. The van der Waals surface area contributed by atoms with E-state index >= 15 is 0 Å². The third-order valence-corrected chi connectivity index (χ3v) is 2.33. The summed E-state index contributed by atoms with van der Waals surface area (Å²) in [4.78, 5) is 15.6. The molecule has 1 amide bonds. The van der Waals surface area contributed by atoms with Crippen molar-refractivity contribution in [3.05, 3.63) is 48.2 Å². The van der Waals surface area contributed by atoms with Crippen LogP contribution in [0.25, 0.3) is 0 Å². The van der Waals surface area contributed by atoms with Gasteiger partial charge in [0.15, 0.2) is 0 Å². The molecule has 0 aliphatic heterocycles. The van der Waals surface area contributed by atoms with Gasteiger partial charge in [-0.05, 0) is 18.2 Å². The molecule has 2 aromatic heterocycles. The van der Waals surface area contributed by atoms with Gasteiger partial charge in [0.2, 0.25) is 0 Å². The summed E-state index contributed by atoms with van der Waals surface area (Å²) in [6.45, 7) is 0.508. The number of rotatable bonds is 4. The number of anilines is 1. The molecule has 0 atom stereocenters. The SMILES string of the molecule is Nc1cnccc1C(=O)NCCc1ccco1. The van der Waals surface area contributed by atoms with Crippen LogP contribution >= 0.6 is 0 Å². The fourth-order valence-electron chi connectivity index (χ4n) is 1.46. The molecule has 5 nitrogen and oxygen atoms in total. The van der Waals surface area contributed by atoms with E-state index in [0.29, 0.717) is 24.2 Å². The van der Waals surface area contributed by atoms with Gasteiger partial charge < -0.3 is 15.5 Å². The number of hydrogen-bond donors (Lipinski definition) is 2. The Labute approximate surface area is 98.6 Å². The lowest BCUT2D eigenvalue weighted by Crippen LogP contribution is -2.26. The molecule has 5 heteroatoms. The molecule has 2 aromatic rings. The second-order valence-corrected chi connectivity index (χ2v) is 3.55. The fourth-order valence-corrected chi connectivity index (χ4v) is 1.46. The van der Waals surface area contributed by atoms with Crippen molar-refractivity contribution in [3.63, 3.8) is 0 Å². The predicted molar refractivity (Wildman–Crippen MR) is 63.4 cm³/mol. The number of carbonyl (C=O) groups is 1. The quantitative estimate of drug-likeness (QED) is 0.829. The van der Waals surface area contributed by atoms with E-state index < -0.39 is 0 Å². The van der Waals surface area contributed by atoms with Crippen LogP contribution in [0.5, 0.6) is 0 Å². The predicted octanol–water partition coefficient (Wildman–Crippen LogP) is 1.23. The minimum absolute atomic E-state index is 0.198. The van der Waals surface area contributed by atoms with E-state index in [-0.39, 0.29) is 5.91 Å². The summed E-state index contributed by atoms with van der Waals surface area (Å²) in [6.07, 6.45) is 5.26. The van der Waals surface area contributed by atoms with Gasteiger partial charge in [0.1, 0.15) is 5.76 Å². The molecule has 2 heterocycles. The normalized spacial score (nSPS) is 10.1. The van der Waals surface area contributed by atoms with Gasteiger partial charge in [0, 0.05) is 19.2 Å². The number of nitrogen functional groups attached to an aromatic ring is 1. The van der Waals surface area contributed by atoms with Crippen LogP contribution in [0.3, 0.4) is 0 Å². The van der Waals surface area contributed by atoms with Crippen molar-refractivity contribution in [3.8, 4) is 0 Å². The number of aromatic nitrogens is 1. The van der Waals surface area contributed by atoms with E-state index in [1.165, 1.54) is 12.4 Å². The summed E-state index contributed by atoms with van der Waals surface area (Å²) in [5.74, 6) is 0.643. The largest absolute Gasteiger partial charge is 0.469 e. The number of furan rings is 1. The lowest BCUT2D eigenvalue weighted by atomic mass is 10.2. The van der Waals surface area contributed by atoms with Crippen LogP contribution in [0.1, 0.15) is 16.1 Å². The van der Waals surface area contributed by atoms with Crippen molar-refractivity contribution in [2.75, 3.05) is 12.3 Å². The van der Waals surface area contributed by atoms with Crippen molar-refractivity contribution in [1.29, 1.82) is 0 Å². The Hall–Kier alpha value is -2.30. The molecular weight excluding hydrogens is 218 g/mol. The van der Waals surface area contributed by atoms with E-state index in [1.54, 1.807) is 12.3 Å². The Morgan fingerprint density at radius 3 is 3.06 bits per heavy atom. The second-order valence-electron chi connectivity index (χ2n) is 3.55. The molecule has 0 saturated heterocycles. The molecule has 0 aromatic carbocycles. The molecular formula is C12H13N3O2. The Balaban J connectivity index is 1.88. The maximum Gasteiger partial charge on any atom is 0.253 e. The molecule has 3 N–H and O–H groups in total. The number of nitrogens with one attached hydrogen (secondary N) is 1. The lowest BCUT2D eigenvalue weighted by molar-refractivity contribution is 0.0954. The third kappa shape index (κ3) is 2.84. The minimum Gasteiger partial charge on any atom is -0.469 e. The second kappa shape index (κ2) is 5.16. The molecule has 0 aliphatic rings. The van der Waals surface area contributed by atoms with Crippen LogP contribution in [0.4, 0.5) is 5.69 Å². The van der Waals surface area contributed by atoms with Crippen LogP contribution in [-0.4, -0.2) is 17.4 Å². The molecule has 0 saturated carbocycles. The maximum atomic E-state index is 11.7. The van der Waals surface area contributed by atoms with E-state index in [2.05, 4.69) is 10.3 Å². The van der Waals surface area contributed by atoms with Crippen molar-refractivity contribution in [1.82, 2.24) is 10.3 Å². The summed E-state index contributed by atoms with van der Waals surface area (Å²) >= 11 is 0. The molecule has 0 spiro atoms. The van der Waals surface area contributed by atoms with Crippen LogP contribution in [0.15, 0.2) is 41.3 Å². The first-order chi connectivity index (χ1) is 8.27. The van der Waals surface area contributed by atoms with Gasteiger partial charge in [-0.2, -0.15) is 0 Å². The van der Waals surface area contributed by atoms with E-state index in [9.17, 15) is 4.79 Å². The zero-order valence-corrected chi connectivity index (χ0v) is 9.22. The smallest absolute Gasteiger partial charge is 0.253 e. The van der Waals surface area contributed by atoms with Crippen LogP contribution in [-0.2, 0) is 6.42 Å².